The predicted molar refractivity (Wildman–Crippen MR) is 118 cm³/mol. The average molecular weight is 411 g/mol. The van der Waals surface area contributed by atoms with Crippen LogP contribution in [0, 0.1) is 12.8 Å². The van der Waals surface area contributed by atoms with E-state index < -0.39 is 0 Å². The lowest BCUT2D eigenvalue weighted by Crippen LogP contribution is -2.44. The van der Waals surface area contributed by atoms with Gasteiger partial charge in [-0.3, -0.25) is 4.79 Å². The number of rotatable bonds is 7. The van der Waals surface area contributed by atoms with Crippen molar-refractivity contribution in [2.24, 2.45) is 5.92 Å². The molecule has 1 amide bonds. The van der Waals surface area contributed by atoms with Gasteiger partial charge in [-0.2, -0.15) is 0 Å². The van der Waals surface area contributed by atoms with E-state index in [2.05, 4.69) is 48.3 Å². The van der Waals surface area contributed by atoms with Gasteiger partial charge in [0.2, 0.25) is 5.91 Å². The van der Waals surface area contributed by atoms with Crippen LogP contribution in [0.25, 0.3) is 0 Å². The lowest BCUT2D eigenvalue weighted by molar-refractivity contribution is -0.121. The molecular weight excluding hydrogens is 376 g/mol. The third-order valence-electron chi connectivity index (χ3n) is 6.18. The minimum atomic E-state index is 0.0374. The molecule has 162 valence electrons. The fraction of sp³-hybridized carbons (Fsp3) is 0.560. The number of benzene rings is 1. The maximum Gasteiger partial charge on any atom is 0.224 e. The summed E-state index contributed by atoms with van der Waals surface area (Å²) in [6, 6.07) is 8.29. The van der Waals surface area contributed by atoms with Crippen molar-refractivity contribution < 1.29 is 14.3 Å². The Morgan fingerprint density at radius 3 is 2.90 bits per heavy atom. The van der Waals surface area contributed by atoms with Gasteiger partial charge in [-0.1, -0.05) is 42.8 Å². The highest BCUT2D eigenvalue weighted by Crippen LogP contribution is 2.30. The fourth-order valence-electron chi connectivity index (χ4n) is 4.83. The van der Waals surface area contributed by atoms with Gasteiger partial charge in [0, 0.05) is 18.5 Å². The zero-order valence-electron chi connectivity index (χ0n) is 18.2. The monoisotopic (exact) mass is 410 g/mol. The molecule has 2 heterocycles. The molecule has 30 heavy (non-hydrogen) atoms. The smallest absolute Gasteiger partial charge is 0.224 e. The first kappa shape index (κ1) is 21.1. The summed E-state index contributed by atoms with van der Waals surface area (Å²) in [4.78, 5) is 15.3. The quantitative estimate of drug-likeness (QED) is 0.749. The minimum Gasteiger partial charge on any atom is -0.493 e. The molecule has 5 nitrogen and oxygen atoms in total. The van der Waals surface area contributed by atoms with Crippen LogP contribution < -0.4 is 5.32 Å². The summed E-state index contributed by atoms with van der Waals surface area (Å²) in [6.07, 6.45) is 8.20. The summed E-state index contributed by atoms with van der Waals surface area (Å²) in [7, 11) is 0. The van der Waals surface area contributed by atoms with Crippen molar-refractivity contribution >= 4 is 5.91 Å². The van der Waals surface area contributed by atoms with Crippen LogP contribution in [-0.4, -0.2) is 55.8 Å². The molecule has 0 spiro atoms. The van der Waals surface area contributed by atoms with Crippen molar-refractivity contribution in [1.82, 2.24) is 10.2 Å². The van der Waals surface area contributed by atoms with E-state index in [0.29, 0.717) is 19.6 Å². The van der Waals surface area contributed by atoms with Gasteiger partial charge in [0.1, 0.15) is 18.5 Å². The number of allylic oxidation sites excluding steroid dienone is 1. The molecule has 0 saturated carbocycles. The number of nitrogens with one attached hydrogen (secondary N) is 1. The third-order valence-corrected chi connectivity index (χ3v) is 6.18. The molecule has 2 fully saturated rings. The highest BCUT2D eigenvalue weighted by atomic mass is 16.6. The van der Waals surface area contributed by atoms with Crippen molar-refractivity contribution in [2.75, 3.05) is 32.8 Å². The van der Waals surface area contributed by atoms with Crippen LogP contribution in [0.3, 0.4) is 0 Å². The second-order valence-electron chi connectivity index (χ2n) is 8.93. The van der Waals surface area contributed by atoms with Crippen LogP contribution in [0.4, 0.5) is 0 Å². The Balaban J connectivity index is 1.43. The molecular formula is C25H34N2O3. The van der Waals surface area contributed by atoms with Crippen molar-refractivity contribution in [2.45, 2.75) is 51.7 Å². The predicted octanol–water partition coefficient (Wildman–Crippen LogP) is 3.38. The van der Waals surface area contributed by atoms with Crippen LogP contribution >= 0.6 is 0 Å². The van der Waals surface area contributed by atoms with Crippen molar-refractivity contribution in [1.29, 1.82) is 0 Å². The minimum absolute atomic E-state index is 0.0374. The van der Waals surface area contributed by atoms with Gasteiger partial charge >= 0.3 is 0 Å². The molecule has 1 aromatic carbocycles. The molecule has 4 rings (SSSR count). The summed E-state index contributed by atoms with van der Waals surface area (Å²) in [5.74, 6) is 1.32. The van der Waals surface area contributed by atoms with E-state index in [4.69, 9.17) is 9.47 Å². The molecule has 1 aromatic rings. The summed E-state index contributed by atoms with van der Waals surface area (Å²) < 4.78 is 11.7. The normalized spacial score (nSPS) is 25.0. The first-order chi connectivity index (χ1) is 14.6. The molecule has 5 heteroatoms. The molecule has 3 atom stereocenters. The van der Waals surface area contributed by atoms with E-state index >= 15 is 0 Å². The number of carbonyl (C=O) groups excluding carboxylic acids is 1. The number of amides is 1. The summed E-state index contributed by atoms with van der Waals surface area (Å²) >= 11 is 0. The Bertz CT molecular complexity index is 810. The van der Waals surface area contributed by atoms with E-state index in [1.807, 2.05) is 12.1 Å². The Morgan fingerprint density at radius 2 is 2.10 bits per heavy atom. The van der Waals surface area contributed by atoms with Crippen LogP contribution in [0.15, 0.2) is 47.7 Å². The third kappa shape index (κ3) is 5.52. The Kier molecular flexibility index (Phi) is 6.90. The van der Waals surface area contributed by atoms with Crippen LogP contribution in [0.5, 0.6) is 0 Å². The lowest BCUT2D eigenvalue weighted by atomic mass is 9.90. The van der Waals surface area contributed by atoms with Gasteiger partial charge in [0.15, 0.2) is 0 Å². The Hall–Kier alpha value is -2.11. The summed E-state index contributed by atoms with van der Waals surface area (Å²) in [5, 5.41) is 3.32. The van der Waals surface area contributed by atoms with Gasteiger partial charge in [0.05, 0.1) is 13.0 Å². The number of likely N-dealkylation sites (tertiary alicyclic amines) is 1. The van der Waals surface area contributed by atoms with Gasteiger partial charge in [-0.15, -0.1) is 0 Å². The standard InChI is InChI=1S/C25H34N2O3/c1-18-6-5-7-20(12-18)16-24(28)26-22(17-27-8-3-4-9-27)14-21-13-19(2)25-23(15-21)29-10-11-30-25/h5-7,12-13,15,19,22,25H,3-4,8-11,14,16-17H2,1-2H3,(H,26,28)/t19?,22-,25?/m0/s1. The zero-order chi connectivity index (χ0) is 20.9. The number of ether oxygens (including phenoxy) is 2. The zero-order valence-corrected chi connectivity index (χ0v) is 18.2. The van der Waals surface area contributed by atoms with E-state index in [0.717, 1.165) is 37.4 Å². The van der Waals surface area contributed by atoms with E-state index in [1.165, 1.54) is 24.0 Å². The second kappa shape index (κ2) is 9.80. The van der Waals surface area contributed by atoms with Gasteiger partial charge < -0.3 is 19.7 Å². The maximum atomic E-state index is 12.8. The fourth-order valence-corrected chi connectivity index (χ4v) is 4.83. The number of hydrogen-bond acceptors (Lipinski definition) is 4. The van der Waals surface area contributed by atoms with Gasteiger partial charge in [0.25, 0.3) is 0 Å². The molecule has 0 bridgehead atoms. The first-order valence-electron chi connectivity index (χ1n) is 11.3. The lowest BCUT2D eigenvalue weighted by Gasteiger charge is -2.34. The first-order valence-corrected chi connectivity index (χ1v) is 11.3. The molecule has 1 aliphatic carbocycles. The SMILES string of the molecule is Cc1cccc(CC(=O)N[C@@H](CC2=CC(C)C3OCCOC3=C2)CN2CCCC2)c1. The largest absolute Gasteiger partial charge is 0.493 e. The molecule has 0 radical (unpaired) electrons. The number of aryl methyl sites for hydroxylation is 1. The van der Waals surface area contributed by atoms with E-state index in [9.17, 15) is 4.79 Å². The van der Waals surface area contributed by atoms with Crippen LogP contribution in [-0.2, 0) is 20.7 Å². The molecule has 0 aromatic heterocycles. The number of carbonyl (C=O) groups is 1. The molecule has 1 N–H and O–H groups in total. The number of hydrogen-bond donors (Lipinski definition) is 1. The Labute approximate surface area is 180 Å². The number of fused-ring (bicyclic) bond motifs is 1. The van der Waals surface area contributed by atoms with Gasteiger partial charge in [-0.25, -0.2) is 0 Å². The topological polar surface area (TPSA) is 50.8 Å². The van der Waals surface area contributed by atoms with Crippen LogP contribution in [0.2, 0.25) is 0 Å². The summed E-state index contributed by atoms with van der Waals surface area (Å²) in [6.45, 7) is 8.66. The van der Waals surface area contributed by atoms with E-state index in [1.54, 1.807) is 0 Å². The highest BCUT2D eigenvalue weighted by molar-refractivity contribution is 5.79. The molecule has 2 aliphatic heterocycles. The van der Waals surface area contributed by atoms with Gasteiger partial charge in [-0.05, 0) is 56.5 Å². The Morgan fingerprint density at radius 1 is 1.27 bits per heavy atom. The second-order valence-corrected chi connectivity index (χ2v) is 8.93. The molecule has 3 aliphatic rings. The van der Waals surface area contributed by atoms with Crippen molar-refractivity contribution in [3.63, 3.8) is 0 Å². The number of nitrogens with zero attached hydrogens (tertiary/aromatic N) is 1. The molecule has 2 saturated heterocycles. The maximum absolute atomic E-state index is 12.8. The highest BCUT2D eigenvalue weighted by Gasteiger charge is 2.30. The van der Waals surface area contributed by atoms with Crippen molar-refractivity contribution in [3.05, 3.63) is 58.9 Å². The molecule has 2 unspecified atom stereocenters. The average Bonchev–Trinajstić information content (AvgIpc) is 3.21. The summed E-state index contributed by atoms with van der Waals surface area (Å²) in [5.41, 5.74) is 3.49. The van der Waals surface area contributed by atoms with Crippen LogP contribution in [0.1, 0.15) is 37.3 Å². The van der Waals surface area contributed by atoms with E-state index in [-0.39, 0.29) is 24.0 Å². The van der Waals surface area contributed by atoms with Crippen molar-refractivity contribution in [3.8, 4) is 0 Å².